The van der Waals surface area contributed by atoms with E-state index in [2.05, 4.69) is 0 Å². The van der Waals surface area contributed by atoms with E-state index < -0.39 is 22.4 Å². The molecule has 20 heavy (non-hydrogen) atoms. The first-order chi connectivity index (χ1) is 8.81. The van der Waals surface area contributed by atoms with Crippen LogP contribution in [0.2, 0.25) is 0 Å². The highest BCUT2D eigenvalue weighted by Crippen LogP contribution is 2.57. The van der Waals surface area contributed by atoms with Gasteiger partial charge in [0.2, 0.25) is 0 Å². The number of hydrogen-bond acceptors (Lipinski definition) is 0. The highest BCUT2D eigenvalue weighted by molar-refractivity contribution is 5.31. The van der Waals surface area contributed by atoms with E-state index >= 15 is 0 Å². The van der Waals surface area contributed by atoms with Gasteiger partial charge in [0.15, 0.2) is 0 Å². The molecule has 0 bridgehead atoms. The van der Waals surface area contributed by atoms with Crippen LogP contribution < -0.4 is 0 Å². The third-order valence-corrected chi connectivity index (χ3v) is 3.83. The lowest BCUT2D eigenvalue weighted by molar-refractivity contribution is -0.228. The van der Waals surface area contributed by atoms with Gasteiger partial charge in [-0.25, -0.2) is 0 Å². The number of benzene rings is 1. The second-order valence-electron chi connectivity index (χ2n) is 7.76. The van der Waals surface area contributed by atoms with Crippen molar-refractivity contribution in [1.29, 1.82) is 0 Å². The summed E-state index contributed by atoms with van der Waals surface area (Å²) in [6, 6.07) is 8.33. The molecule has 0 N–H and O–H groups in total. The van der Waals surface area contributed by atoms with Crippen LogP contribution in [0.5, 0.6) is 0 Å². The predicted molar refractivity (Wildman–Crippen MR) is 77.7 cm³/mol. The van der Waals surface area contributed by atoms with Crippen molar-refractivity contribution < 1.29 is 13.2 Å². The lowest BCUT2D eigenvalue weighted by Gasteiger charge is -2.49. The zero-order chi connectivity index (χ0) is 15.8. The second-order valence-corrected chi connectivity index (χ2v) is 7.76. The zero-order valence-electron chi connectivity index (χ0n) is 13.2. The molecule has 1 aromatic carbocycles. The maximum absolute atomic E-state index is 14.1. The summed E-state index contributed by atoms with van der Waals surface area (Å²) in [6.45, 7) is 10.6. The van der Waals surface area contributed by atoms with Crippen LogP contribution in [0, 0.1) is 10.8 Å². The van der Waals surface area contributed by atoms with Gasteiger partial charge in [0.25, 0.3) is 0 Å². The van der Waals surface area contributed by atoms with Crippen LogP contribution in [0.15, 0.2) is 30.3 Å². The van der Waals surface area contributed by atoms with Gasteiger partial charge in [-0.05, 0) is 22.8 Å². The Labute approximate surface area is 120 Å². The van der Waals surface area contributed by atoms with E-state index in [1.165, 1.54) is 0 Å². The van der Waals surface area contributed by atoms with Crippen LogP contribution in [0.3, 0.4) is 0 Å². The minimum atomic E-state index is -4.29. The Morgan fingerprint density at radius 2 is 1.25 bits per heavy atom. The molecule has 1 atom stereocenters. The first kappa shape index (κ1) is 17.1. The Morgan fingerprint density at radius 3 is 1.55 bits per heavy atom. The van der Waals surface area contributed by atoms with Crippen LogP contribution >= 0.6 is 0 Å². The Kier molecular flexibility index (Phi) is 4.34. The lowest BCUT2D eigenvalue weighted by Crippen LogP contribution is -2.54. The van der Waals surface area contributed by atoms with Crippen LogP contribution in [-0.2, 0) is 5.41 Å². The number of rotatable bonds is 2. The average Bonchev–Trinajstić information content (AvgIpc) is 2.22. The van der Waals surface area contributed by atoms with Gasteiger partial charge < -0.3 is 0 Å². The zero-order valence-corrected chi connectivity index (χ0v) is 13.2. The fourth-order valence-corrected chi connectivity index (χ4v) is 3.01. The quantitative estimate of drug-likeness (QED) is 0.628. The molecular formula is C17H25F3. The van der Waals surface area contributed by atoms with Crippen LogP contribution in [0.4, 0.5) is 13.2 Å². The third kappa shape index (κ3) is 3.18. The van der Waals surface area contributed by atoms with Gasteiger partial charge in [-0.15, -0.1) is 0 Å². The number of halogens is 3. The standard InChI is InChI=1S/C17H25F3/c1-14(2,3)12-16(15(4,5)6,17(18,19)20)13-10-8-7-9-11-13/h7-11H,12H2,1-6H3. The van der Waals surface area contributed by atoms with E-state index in [0.717, 1.165) is 0 Å². The van der Waals surface area contributed by atoms with Crippen molar-refractivity contribution in [2.24, 2.45) is 10.8 Å². The fraction of sp³-hybridized carbons (Fsp3) is 0.647. The second kappa shape index (κ2) is 5.09. The molecule has 0 saturated carbocycles. The molecule has 0 heterocycles. The highest BCUT2D eigenvalue weighted by atomic mass is 19.4. The van der Waals surface area contributed by atoms with Crippen molar-refractivity contribution in [2.75, 3.05) is 0 Å². The van der Waals surface area contributed by atoms with Gasteiger partial charge in [0.1, 0.15) is 0 Å². The summed E-state index contributed by atoms with van der Waals surface area (Å²) in [6.07, 6.45) is -4.23. The lowest BCUT2D eigenvalue weighted by atomic mass is 9.56. The highest BCUT2D eigenvalue weighted by Gasteiger charge is 2.62. The Bertz CT molecular complexity index is 416. The first-order valence-corrected chi connectivity index (χ1v) is 6.93. The van der Waals surface area contributed by atoms with E-state index in [4.69, 9.17) is 0 Å². The van der Waals surface area contributed by atoms with Crippen LogP contribution in [0.1, 0.15) is 53.5 Å². The molecular weight excluding hydrogens is 261 g/mol. The molecule has 1 unspecified atom stereocenters. The SMILES string of the molecule is CC(C)(C)CC(c1ccccc1)(C(C)(C)C)C(F)(F)F. The molecule has 0 aliphatic rings. The average molecular weight is 286 g/mol. The molecule has 0 nitrogen and oxygen atoms in total. The van der Waals surface area contributed by atoms with E-state index in [1.807, 2.05) is 20.8 Å². The van der Waals surface area contributed by atoms with Gasteiger partial charge in [-0.3, -0.25) is 0 Å². The Morgan fingerprint density at radius 1 is 0.800 bits per heavy atom. The predicted octanol–water partition coefficient (Wildman–Crippen LogP) is 5.97. The molecule has 0 aliphatic heterocycles. The molecule has 0 radical (unpaired) electrons. The Balaban J connectivity index is 3.61. The maximum atomic E-state index is 14.1. The van der Waals surface area contributed by atoms with Gasteiger partial charge in [0, 0.05) is 0 Å². The summed E-state index contributed by atoms with van der Waals surface area (Å²) in [5, 5.41) is 0. The van der Waals surface area contributed by atoms with Crippen molar-refractivity contribution in [1.82, 2.24) is 0 Å². The van der Waals surface area contributed by atoms with Gasteiger partial charge in [-0.1, -0.05) is 71.9 Å². The summed E-state index contributed by atoms with van der Waals surface area (Å²) in [5.41, 5.74) is -2.83. The summed E-state index contributed by atoms with van der Waals surface area (Å²) in [4.78, 5) is 0. The summed E-state index contributed by atoms with van der Waals surface area (Å²) in [5.74, 6) is 0. The van der Waals surface area contributed by atoms with E-state index in [-0.39, 0.29) is 6.42 Å². The van der Waals surface area contributed by atoms with Crippen molar-refractivity contribution in [2.45, 2.75) is 59.6 Å². The van der Waals surface area contributed by atoms with Gasteiger partial charge >= 0.3 is 6.18 Å². The Hall–Kier alpha value is -0.990. The monoisotopic (exact) mass is 286 g/mol. The van der Waals surface area contributed by atoms with Crippen molar-refractivity contribution in [3.63, 3.8) is 0 Å². The molecule has 3 heteroatoms. The van der Waals surface area contributed by atoms with Gasteiger partial charge in [0.05, 0.1) is 5.41 Å². The van der Waals surface area contributed by atoms with Gasteiger partial charge in [-0.2, -0.15) is 13.2 Å². The number of hydrogen-bond donors (Lipinski definition) is 0. The van der Waals surface area contributed by atoms with Crippen molar-refractivity contribution in [3.8, 4) is 0 Å². The molecule has 114 valence electrons. The number of alkyl halides is 3. The molecule has 0 amide bonds. The maximum Gasteiger partial charge on any atom is 0.398 e. The molecule has 0 aromatic heterocycles. The summed E-state index contributed by atoms with van der Waals surface area (Å²) >= 11 is 0. The van der Waals surface area contributed by atoms with E-state index in [0.29, 0.717) is 5.56 Å². The van der Waals surface area contributed by atoms with Crippen LogP contribution in [-0.4, -0.2) is 6.18 Å². The topological polar surface area (TPSA) is 0 Å². The summed E-state index contributed by atoms with van der Waals surface area (Å²) in [7, 11) is 0. The first-order valence-electron chi connectivity index (χ1n) is 6.93. The normalized spacial score (nSPS) is 16.9. The van der Waals surface area contributed by atoms with E-state index in [9.17, 15) is 13.2 Å². The fourth-order valence-electron chi connectivity index (χ4n) is 3.01. The molecule has 0 fully saturated rings. The third-order valence-electron chi connectivity index (χ3n) is 3.83. The van der Waals surface area contributed by atoms with E-state index in [1.54, 1.807) is 51.1 Å². The van der Waals surface area contributed by atoms with Crippen LogP contribution in [0.25, 0.3) is 0 Å². The minimum absolute atomic E-state index is 0.0665. The van der Waals surface area contributed by atoms with Crippen molar-refractivity contribution >= 4 is 0 Å². The molecule has 1 rings (SSSR count). The smallest absolute Gasteiger partial charge is 0.170 e. The molecule has 0 saturated heterocycles. The largest absolute Gasteiger partial charge is 0.398 e. The minimum Gasteiger partial charge on any atom is -0.170 e. The molecule has 1 aromatic rings. The molecule has 0 aliphatic carbocycles. The molecule has 0 spiro atoms. The summed E-state index contributed by atoms with van der Waals surface area (Å²) < 4.78 is 42.3. The van der Waals surface area contributed by atoms with Crippen molar-refractivity contribution in [3.05, 3.63) is 35.9 Å².